The van der Waals surface area contributed by atoms with E-state index < -0.39 is 15.3 Å². The largest absolute Gasteiger partial charge is 0.381 e. The second kappa shape index (κ2) is 8.06. The van der Waals surface area contributed by atoms with Crippen LogP contribution in [0, 0.1) is 5.92 Å². The van der Waals surface area contributed by atoms with Crippen LogP contribution < -0.4 is 5.32 Å². The Morgan fingerprint density at radius 3 is 2.81 bits per heavy atom. The summed E-state index contributed by atoms with van der Waals surface area (Å²) in [5, 5.41) is 6.81. The molecule has 0 aromatic carbocycles. The third-order valence-corrected chi connectivity index (χ3v) is 7.35. The van der Waals surface area contributed by atoms with Crippen molar-refractivity contribution in [1.29, 1.82) is 0 Å². The molecule has 8 nitrogen and oxygen atoms in total. The Hall–Kier alpha value is -1.45. The minimum absolute atomic E-state index is 0.0632. The zero-order chi connectivity index (χ0) is 18.7. The summed E-state index contributed by atoms with van der Waals surface area (Å²) in [7, 11) is -3.37. The predicted molar refractivity (Wildman–Crippen MR) is 96.9 cm³/mol. The lowest BCUT2D eigenvalue weighted by Crippen LogP contribution is -2.45. The fraction of sp³-hybridized carbons (Fsp3) is 0.765. The van der Waals surface area contributed by atoms with Crippen LogP contribution in [0.5, 0.6) is 0 Å². The zero-order valence-electron chi connectivity index (χ0n) is 15.4. The second-order valence-corrected chi connectivity index (χ2v) is 9.86. The number of aromatic nitrogens is 2. The highest BCUT2D eigenvalue weighted by Crippen LogP contribution is 2.26. The van der Waals surface area contributed by atoms with Crippen LogP contribution >= 0.6 is 0 Å². The van der Waals surface area contributed by atoms with Gasteiger partial charge in [-0.3, -0.25) is 9.48 Å². The minimum atomic E-state index is -3.37. The number of amides is 1. The molecule has 26 heavy (non-hydrogen) atoms. The van der Waals surface area contributed by atoms with Gasteiger partial charge in [-0.25, -0.2) is 8.42 Å². The molecule has 0 spiro atoms. The summed E-state index contributed by atoms with van der Waals surface area (Å²) in [6.45, 7) is 6.09. The van der Waals surface area contributed by atoms with Crippen LogP contribution in [0.3, 0.4) is 0 Å². The molecule has 3 heterocycles. The highest BCUT2D eigenvalue weighted by Gasteiger charge is 2.35. The van der Waals surface area contributed by atoms with Gasteiger partial charge < -0.3 is 10.1 Å². The molecule has 0 radical (unpaired) electrons. The van der Waals surface area contributed by atoms with Crippen molar-refractivity contribution in [3.8, 4) is 0 Å². The van der Waals surface area contributed by atoms with Gasteiger partial charge in [0.1, 0.15) is 0 Å². The van der Waals surface area contributed by atoms with Crippen molar-refractivity contribution in [1.82, 2.24) is 19.4 Å². The van der Waals surface area contributed by atoms with Crippen molar-refractivity contribution in [3.63, 3.8) is 0 Å². The summed E-state index contributed by atoms with van der Waals surface area (Å²) in [6, 6.07) is 1.53. The third kappa shape index (κ3) is 4.27. The topological polar surface area (TPSA) is 93.5 Å². The molecule has 1 aromatic rings. The predicted octanol–water partition coefficient (Wildman–Crippen LogP) is 0.911. The summed E-state index contributed by atoms with van der Waals surface area (Å²) in [5.41, 5.74) is 0.822. The van der Waals surface area contributed by atoms with Crippen LogP contribution in [-0.2, 0) is 26.1 Å². The summed E-state index contributed by atoms with van der Waals surface area (Å²) in [5.74, 6) is 0.392. The molecule has 2 aliphatic heterocycles. The van der Waals surface area contributed by atoms with Crippen LogP contribution in [0.2, 0.25) is 0 Å². The second-order valence-electron chi connectivity index (χ2n) is 7.37. The molecule has 0 saturated carbocycles. The van der Waals surface area contributed by atoms with E-state index in [4.69, 9.17) is 4.74 Å². The Balaban J connectivity index is 1.63. The van der Waals surface area contributed by atoms with Crippen molar-refractivity contribution in [2.75, 3.05) is 26.3 Å². The van der Waals surface area contributed by atoms with E-state index in [-0.39, 0.29) is 24.9 Å². The van der Waals surface area contributed by atoms with Crippen LogP contribution in [0.4, 0.5) is 0 Å². The van der Waals surface area contributed by atoms with Gasteiger partial charge in [0.2, 0.25) is 15.9 Å². The Labute approximate surface area is 154 Å². The van der Waals surface area contributed by atoms with E-state index >= 15 is 0 Å². The number of carbonyl (C=O) groups excluding carboxylic acids is 1. The van der Waals surface area contributed by atoms with Crippen molar-refractivity contribution >= 4 is 15.9 Å². The SMILES string of the molecule is CC(C)S(=O)(=O)N1Cc2ccnn2[C@@H](CC(=O)NCC2CCOCC2)C1. The van der Waals surface area contributed by atoms with Crippen LogP contribution in [-0.4, -0.2) is 60.0 Å². The fourth-order valence-corrected chi connectivity index (χ4v) is 4.78. The average Bonchev–Trinajstić information content (AvgIpc) is 3.09. The minimum Gasteiger partial charge on any atom is -0.381 e. The Morgan fingerprint density at radius 1 is 1.38 bits per heavy atom. The van der Waals surface area contributed by atoms with Crippen molar-refractivity contribution in [3.05, 3.63) is 18.0 Å². The number of hydrogen-bond donors (Lipinski definition) is 1. The molecule has 1 saturated heterocycles. The first-order valence-corrected chi connectivity index (χ1v) is 10.7. The van der Waals surface area contributed by atoms with E-state index in [2.05, 4.69) is 10.4 Å². The lowest BCUT2D eigenvalue weighted by molar-refractivity contribution is -0.122. The van der Waals surface area contributed by atoms with Crippen molar-refractivity contribution in [2.24, 2.45) is 5.92 Å². The van der Waals surface area contributed by atoms with Crippen LogP contribution in [0.25, 0.3) is 0 Å². The molecule has 2 aliphatic rings. The van der Waals surface area contributed by atoms with Crippen LogP contribution in [0.1, 0.15) is 44.8 Å². The summed E-state index contributed by atoms with van der Waals surface area (Å²) < 4.78 is 33.7. The van der Waals surface area contributed by atoms with Crippen molar-refractivity contribution < 1.29 is 17.9 Å². The van der Waals surface area contributed by atoms with Gasteiger partial charge in [-0.2, -0.15) is 9.40 Å². The lowest BCUT2D eigenvalue weighted by atomic mass is 10.0. The fourth-order valence-electron chi connectivity index (χ4n) is 3.49. The highest BCUT2D eigenvalue weighted by atomic mass is 32.2. The van der Waals surface area contributed by atoms with E-state index in [0.29, 0.717) is 19.0 Å². The Kier molecular flexibility index (Phi) is 5.99. The molecule has 146 valence electrons. The molecular weight excluding hydrogens is 356 g/mol. The van der Waals surface area contributed by atoms with E-state index in [1.807, 2.05) is 6.07 Å². The molecule has 0 bridgehead atoms. The molecule has 1 amide bonds. The Bertz CT molecular complexity index is 725. The van der Waals surface area contributed by atoms with Gasteiger partial charge in [0.05, 0.1) is 30.0 Å². The molecular formula is C17H28N4O4S. The number of nitrogens with zero attached hydrogens (tertiary/aromatic N) is 3. The number of ether oxygens (including phenoxy) is 1. The van der Waals surface area contributed by atoms with E-state index in [1.54, 1.807) is 24.7 Å². The van der Waals surface area contributed by atoms with Gasteiger partial charge >= 0.3 is 0 Å². The first-order chi connectivity index (χ1) is 12.4. The molecule has 1 fully saturated rings. The van der Waals surface area contributed by atoms with Gasteiger partial charge in [-0.05, 0) is 38.7 Å². The van der Waals surface area contributed by atoms with Gasteiger partial charge in [0.25, 0.3) is 0 Å². The maximum Gasteiger partial charge on any atom is 0.222 e. The van der Waals surface area contributed by atoms with Crippen LogP contribution in [0.15, 0.2) is 12.3 Å². The summed E-state index contributed by atoms with van der Waals surface area (Å²) in [6.07, 6.45) is 3.82. The molecule has 1 aromatic heterocycles. The maximum absolute atomic E-state index is 12.6. The van der Waals surface area contributed by atoms with Crippen molar-refractivity contribution in [2.45, 2.75) is 50.9 Å². The average molecular weight is 385 g/mol. The quantitative estimate of drug-likeness (QED) is 0.787. The smallest absolute Gasteiger partial charge is 0.222 e. The van der Waals surface area contributed by atoms with E-state index in [1.165, 1.54) is 4.31 Å². The lowest BCUT2D eigenvalue weighted by Gasteiger charge is -2.34. The van der Waals surface area contributed by atoms with E-state index in [9.17, 15) is 13.2 Å². The van der Waals surface area contributed by atoms with Gasteiger partial charge in [0.15, 0.2) is 0 Å². The number of nitrogens with one attached hydrogen (secondary N) is 1. The summed E-state index contributed by atoms with van der Waals surface area (Å²) >= 11 is 0. The first kappa shape index (κ1) is 19.3. The number of fused-ring (bicyclic) bond motifs is 1. The van der Waals surface area contributed by atoms with Gasteiger partial charge in [0, 0.05) is 32.5 Å². The number of hydrogen-bond acceptors (Lipinski definition) is 5. The monoisotopic (exact) mass is 384 g/mol. The Morgan fingerprint density at radius 2 is 2.12 bits per heavy atom. The molecule has 9 heteroatoms. The standard InChI is InChI=1S/C17H28N4O4S/c1-13(2)26(23,24)20-11-15-3-6-19-21(15)16(12-20)9-17(22)18-10-14-4-7-25-8-5-14/h3,6,13-14,16H,4-5,7-12H2,1-2H3,(H,18,22)/t16-/m0/s1. The maximum atomic E-state index is 12.6. The number of rotatable bonds is 6. The van der Waals surface area contributed by atoms with E-state index in [0.717, 1.165) is 31.7 Å². The highest BCUT2D eigenvalue weighted by molar-refractivity contribution is 7.89. The normalized spacial score (nSPS) is 22.3. The first-order valence-electron chi connectivity index (χ1n) is 9.23. The molecule has 1 atom stereocenters. The van der Waals surface area contributed by atoms with Gasteiger partial charge in [-0.15, -0.1) is 0 Å². The number of carbonyl (C=O) groups is 1. The zero-order valence-corrected chi connectivity index (χ0v) is 16.2. The van der Waals surface area contributed by atoms with Gasteiger partial charge in [-0.1, -0.05) is 0 Å². The molecule has 0 unspecified atom stereocenters. The molecule has 3 rings (SSSR count). The summed E-state index contributed by atoms with van der Waals surface area (Å²) in [4.78, 5) is 12.4. The number of sulfonamides is 1. The molecule has 1 N–H and O–H groups in total. The third-order valence-electron chi connectivity index (χ3n) is 5.16. The molecule has 0 aliphatic carbocycles.